The van der Waals surface area contributed by atoms with Gasteiger partial charge in [-0.15, -0.1) is 5.10 Å². The molecule has 1 atom stereocenters. The van der Waals surface area contributed by atoms with E-state index in [0.717, 1.165) is 5.76 Å². The van der Waals surface area contributed by atoms with Crippen molar-refractivity contribution < 1.29 is 14.3 Å². The van der Waals surface area contributed by atoms with E-state index in [9.17, 15) is 4.79 Å². The van der Waals surface area contributed by atoms with Crippen LogP contribution in [0.5, 0.6) is 0 Å². The van der Waals surface area contributed by atoms with Crippen molar-refractivity contribution >= 4 is 5.97 Å². The summed E-state index contributed by atoms with van der Waals surface area (Å²) in [7, 11) is 0. The number of carboxylic acids is 1. The lowest BCUT2D eigenvalue weighted by Gasteiger charge is -2.10. The highest BCUT2D eigenvalue weighted by atomic mass is 16.4. The Balaban J connectivity index is 1.79. The molecule has 0 bridgehead atoms. The smallest absolute Gasteiger partial charge is 0.358 e. The Labute approximate surface area is 103 Å². The molecule has 2 heterocycles. The third kappa shape index (κ3) is 2.95. The van der Waals surface area contributed by atoms with Gasteiger partial charge in [-0.3, -0.25) is 4.68 Å². The van der Waals surface area contributed by atoms with Crippen molar-refractivity contribution in [2.24, 2.45) is 0 Å². The highest BCUT2D eigenvalue weighted by Crippen LogP contribution is 2.11. The van der Waals surface area contributed by atoms with Crippen molar-refractivity contribution in [3.63, 3.8) is 0 Å². The average molecular weight is 250 g/mol. The second kappa shape index (κ2) is 5.46. The highest BCUT2D eigenvalue weighted by molar-refractivity contribution is 5.84. The summed E-state index contributed by atoms with van der Waals surface area (Å²) in [5, 5.41) is 19.2. The van der Waals surface area contributed by atoms with Crippen LogP contribution in [0.4, 0.5) is 0 Å². The predicted molar refractivity (Wildman–Crippen MR) is 62.1 cm³/mol. The molecule has 7 nitrogen and oxygen atoms in total. The summed E-state index contributed by atoms with van der Waals surface area (Å²) in [6.45, 7) is 3.18. The van der Waals surface area contributed by atoms with E-state index in [2.05, 4.69) is 15.6 Å². The number of nitrogens with zero attached hydrogens (tertiary/aromatic N) is 3. The number of carbonyl (C=O) groups is 1. The second-order valence-corrected chi connectivity index (χ2v) is 3.86. The Bertz CT molecular complexity index is 506. The molecule has 7 heteroatoms. The Kier molecular flexibility index (Phi) is 3.73. The quantitative estimate of drug-likeness (QED) is 0.791. The number of furan rings is 1. The zero-order valence-corrected chi connectivity index (χ0v) is 9.91. The van der Waals surface area contributed by atoms with Crippen LogP contribution in [0, 0.1) is 0 Å². The lowest BCUT2D eigenvalue weighted by Crippen LogP contribution is -2.23. The van der Waals surface area contributed by atoms with Gasteiger partial charge >= 0.3 is 5.97 Å². The van der Waals surface area contributed by atoms with Crippen LogP contribution in [0.3, 0.4) is 0 Å². The maximum Gasteiger partial charge on any atom is 0.358 e. The van der Waals surface area contributed by atoms with Gasteiger partial charge in [0.2, 0.25) is 0 Å². The van der Waals surface area contributed by atoms with Crippen LogP contribution in [-0.4, -0.2) is 32.6 Å². The zero-order chi connectivity index (χ0) is 13.0. The molecule has 2 aromatic rings. The van der Waals surface area contributed by atoms with Crippen LogP contribution in [0.1, 0.15) is 29.2 Å². The summed E-state index contributed by atoms with van der Waals surface area (Å²) in [6, 6.07) is 3.84. The molecule has 0 amide bonds. The van der Waals surface area contributed by atoms with E-state index in [4.69, 9.17) is 9.52 Å². The zero-order valence-electron chi connectivity index (χ0n) is 9.91. The van der Waals surface area contributed by atoms with E-state index >= 15 is 0 Å². The summed E-state index contributed by atoms with van der Waals surface area (Å²) in [6.07, 6.45) is 3.03. The first-order valence-corrected chi connectivity index (χ1v) is 5.57. The predicted octanol–water partition coefficient (Wildman–Crippen LogP) is 0.920. The first-order valence-electron chi connectivity index (χ1n) is 5.57. The fraction of sp³-hybridized carbons (Fsp3) is 0.364. The fourth-order valence-corrected chi connectivity index (χ4v) is 1.54. The molecule has 0 saturated heterocycles. The number of aromatic nitrogens is 3. The summed E-state index contributed by atoms with van der Waals surface area (Å²) >= 11 is 0. The van der Waals surface area contributed by atoms with Gasteiger partial charge in [0, 0.05) is 6.54 Å². The Hall–Kier alpha value is -2.15. The van der Waals surface area contributed by atoms with Crippen LogP contribution in [-0.2, 0) is 6.54 Å². The maximum absolute atomic E-state index is 10.6. The number of rotatable bonds is 6. The van der Waals surface area contributed by atoms with Gasteiger partial charge in [0.15, 0.2) is 5.69 Å². The van der Waals surface area contributed by atoms with Crippen molar-refractivity contribution in [1.82, 2.24) is 20.3 Å². The molecule has 0 aliphatic rings. The van der Waals surface area contributed by atoms with E-state index in [1.165, 1.54) is 10.9 Å². The molecular weight excluding hydrogens is 236 g/mol. The number of carboxylic acid groups (broad SMARTS) is 1. The summed E-state index contributed by atoms with van der Waals surface area (Å²) < 4.78 is 6.75. The van der Waals surface area contributed by atoms with Gasteiger partial charge in [-0.05, 0) is 19.1 Å². The standard InChI is InChI=1S/C11H14N4O3/c1-8(10-3-2-6-18-10)12-4-5-15-7-9(11(16)17)13-14-15/h2-3,6-8,12H,4-5H2,1H3,(H,16,17)/t8-/m0/s1. The molecule has 18 heavy (non-hydrogen) atoms. The average Bonchev–Trinajstić information content (AvgIpc) is 3.00. The number of hydrogen-bond acceptors (Lipinski definition) is 5. The number of aromatic carboxylic acids is 1. The van der Waals surface area contributed by atoms with Crippen molar-refractivity contribution in [2.45, 2.75) is 19.5 Å². The largest absolute Gasteiger partial charge is 0.476 e. The van der Waals surface area contributed by atoms with Gasteiger partial charge < -0.3 is 14.8 Å². The molecule has 0 unspecified atom stereocenters. The maximum atomic E-state index is 10.6. The fourth-order valence-electron chi connectivity index (χ4n) is 1.54. The molecule has 2 rings (SSSR count). The van der Waals surface area contributed by atoms with Crippen molar-refractivity contribution in [3.8, 4) is 0 Å². The molecule has 0 radical (unpaired) electrons. The normalized spacial score (nSPS) is 12.5. The van der Waals surface area contributed by atoms with Crippen LogP contribution in [0.25, 0.3) is 0 Å². The molecule has 0 saturated carbocycles. The molecule has 2 N–H and O–H groups in total. The summed E-state index contributed by atoms with van der Waals surface area (Å²) in [5.74, 6) is -0.210. The van der Waals surface area contributed by atoms with E-state index in [-0.39, 0.29) is 11.7 Å². The van der Waals surface area contributed by atoms with Gasteiger partial charge in [0.1, 0.15) is 5.76 Å². The lowest BCUT2D eigenvalue weighted by atomic mass is 10.2. The number of nitrogens with one attached hydrogen (secondary N) is 1. The van der Waals surface area contributed by atoms with Crippen LogP contribution < -0.4 is 5.32 Å². The van der Waals surface area contributed by atoms with E-state index in [1.54, 1.807) is 6.26 Å². The van der Waals surface area contributed by atoms with E-state index in [0.29, 0.717) is 13.1 Å². The minimum absolute atomic E-state index is 0.0471. The number of hydrogen-bond donors (Lipinski definition) is 2. The van der Waals surface area contributed by atoms with Crippen molar-refractivity contribution in [1.29, 1.82) is 0 Å². The molecule has 0 fully saturated rings. The summed E-state index contributed by atoms with van der Waals surface area (Å²) in [4.78, 5) is 10.6. The van der Waals surface area contributed by atoms with Gasteiger partial charge in [-0.2, -0.15) is 0 Å². The molecule has 0 aliphatic heterocycles. The minimum atomic E-state index is -1.07. The van der Waals surface area contributed by atoms with Crippen LogP contribution in [0.15, 0.2) is 29.0 Å². The van der Waals surface area contributed by atoms with Gasteiger partial charge in [0.25, 0.3) is 0 Å². The van der Waals surface area contributed by atoms with Crippen LogP contribution in [0.2, 0.25) is 0 Å². The molecular formula is C11H14N4O3. The first kappa shape index (κ1) is 12.3. The monoisotopic (exact) mass is 250 g/mol. The lowest BCUT2D eigenvalue weighted by molar-refractivity contribution is 0.0690. The summed E-state index contributed by atoms with van der Waals surface area (Å²) in [5.41, 5.74) is -0.0471. The molecule has 2 aromatic heterocycles. The SMILES string of the molecule is C[C@H](NCCn1cc(C(=O)O)nn1)c1ccco1. The minimum Gasteiger partial charge on any atom is -0.476 e. The third-order valence-electron chi connectivity index (χ3n) is 2.52. The van der Waals surface area contributed by atoms with Gasteiger partial charge in [-0.25, -0.2) is 4.79 Å². The van der Waals surface area contributed by atoms with Crippen LogP contribution >= 0.6 is 0 Å². The van der Waals surface area contributed by atoms with Gasteiger partial charge in [-0.1, -0.05) is 5.21 Å². The van der Waals surface area contributed by atoms with Crippen molar-refractivity contribution in [3.05, 3.63) is 36.0 Å². The molecule has 0 aromatic carbocycles. The third-order valence-corrected chi connectivity index (χ3v) is 2.52. The van der Waals surface area contributed by atoms with Gasteiger partial charge in [0.05, 0.1) is 25.0 Å². The Morgan fingerprint density at radius 3 is 3.11 bits per heavy atom. The topological polar surface area (TPSA) is 93.2 Å². The molecule has 0 aliphatic carbocycles. The second-order valence-electron chi connectivity index (χ2n) is 3.86. The van der Waals surface area contributed by atoms with Crippen molar-refractivity contribution in [2.75, 3.05) is 6.54 Å². The Morgan fingerprint density at radius 2 is 2.50 bits per heavy atom. The first-order chi connectivity index (χ1) is 8.66. The molecule has 0 spiro atoms. The van der Waals surface area contributed by atoms with E-state index in [1.807, 2.05) is 19.1 Å². The highest BCUT2D eigenvalue weighted by Gasteiger charge is 2.09. The van der Waals surface area contributed by atoms with E-state index < -0.39 is 5.97 Å². The molecule has 96 valence electrons. The Morgan fingerprint density at radius 1 is 1.67 bits per heavy atom.